The lowest BCUT2D eigenvalue weighted by Crippen LogP contribution is -2.35. The van der Waals surface area contributed by atoms with E-state index in [9.17, 15) is 19.2 Å². The molecule has 0 saturated heterocycles. The summed E-state index contributed by atoms with van der Waals surface area (Å²) in [5.74, 6) is -1.22. The molecule has 11 heteroatoms. The molecule has 0 bridgehead atoms. The fourth-order valence-electron chi connectivity index (χ4n) is 7.43. The Morgan fingerprint density at radius 2 is 0.868 bits per heavy atom. The van der Waals surface area contributed by atoms with Gasteiger partial charge in [-0.1, -0.05) is 173 Å². The lowest BCUT2D eigenvalue weighted by molar-refractivity contribution is -0.167. The van der Waals surface area contributed by atoms with Gasteiger partial charge in [0.25, 0.3) is 0 Å². The fraction of sp³-hybridized carbons (Fsp3) is 0.789. The highest BCUT2D eigenvalue weighted by molar-refractivity contribution is 7.59. The van der Waals surface area contributed by atoms with Crippen LogP contribution in [0.4, 0.5) is 4.79 Å². The van der Waals surface area contributed by atoms with Gasteiger partial charge in [0.15, 0.2) is 6.10 Å². The summed E-state index contributed by atoms with van der Waals surface area (Å²) < 4.78 is 22.7. The van der Waals surface area contributed by atoms with Crippen molar-refractivity contribution in [1.82, 2.24) is 10.2 Å². The number of allylic oxidation sites excluding steroid dienone is 8. The summed E-state index contributed by atoms with van der Waals surface area (Å²) in [4.78, 5) is 53.5. The van der Waals surface area contributed by atoms with Crippen LogP contribution in [0.5, 0.6) is 0 Å². The van der Waals surface area contributed by atoms with Crippen molar-refractivity contribution in [2.45, 2.75) is 252 Å². The van der Waals surface area contributed by atoms with Crippen molar-refractivity contribution >= 4 is 37.5 Å². The molecule has 1 N–H and O–H groups in total. The van der Waals surface area contributed by atoms with Gasteiger partial charge >= 0.3 is 24.0 Å². The number of esters is 3. The Bertz CT molecular complexity index is 1230. The van der Waals surface area contributed by atoms with Gasteiger partial charge in [0.05, 0.1) is 0 Å². The Morgan fingerprint density at radius 3 is 1.34 bits per heavy atom. The second-order valence-electron chi connectivity index (χ2n) is 18.4. The van der Waals surface area contributed by atoms with Crippen molar-refractivity contribution in [1.29, 1.82) is 0 Å². The highest BCUT2D eigenvalue weighted by Crippen LogP contribution is 2.17. The molecule has 0 aliphatic heterocycles. The second kappa shape index (κ2) is 53.3. The van der Waals surface area contributed by atoms with Crippen molar-refractivity contribution < 1.29 is 38.1 Å². The number of unbranched alkanes of at least 4 members (excludes halogenated alkanes) is 21. The lowest BCUT2D eigenvalue weighted by Gasteiger charge is -2.21. The maximum Gasteiger partial charge on any atom is 0.407 e. The smallest absolute Gasteiger partial charge is 0.407 e. The molecule has 0 rings (SSSR count). The molecule has 0 aromatic rings. The van der Waals surface area contributed by atoms with E-state index in [1.54, 1.807) is 0 Å². The normalized spacial score (nSPS) is 12.2. The summed E-state index contributed by atoms with van der Waals surface area (Å²) in [5, 5.41) is 2.83. The molecule has 0 aromatic heterocycles. The molecule has 0 heterocycles. The molecule has 0 radical (unpaired) electrons. The van der Waals surface area contributed by atoms with Crippen molar-refractivity contribution in [3.05, 3.63) is 48.6 Å². The molecule has 0 spiro atoms. The van der Waals surface area contributed by atoms with Crippen LogP contribution in [0.2, 0.25) is 0 Å². The van der Waals surface area contributed by atoms with E-state index >= 15 is 0 Å². The van der Waals surface area contributed by atoms with Crippen molar-refractivity contribution in [2.75, 3.05) is 39.9 Å². The molecule has 0 aliphatic carbocycles. The predicted octanol–water partition coefficient (Wildman–Crippen LogP) is 15.3. The van der Waals surface area contributed by atoms with Crippen LogP contribution in [0.15, 0.2) is 48.6 Å². The highest BCUT2D eigenvalue weighted by Gasteiger charge is 2.22. The standard InChI is InChI=1S/C57H102N2O8.H2S/c1-6-10-13-16-19-21-23-25-27-29-31-33-35-38-41-44-54(60)64-50-53(51-65-55(61)45-42-39-36-34-32-30-28-26-24-22-20-17-14-11-7-2)66-56(62)47-46-52(43-40-37-18-15-12-8-3)67-57(63)58-48-49-59(5)9-4;/h19-22,25-28,52-53H,6-18,23-24,29-51H2,1-5H3,(H,58,63);1H2/b21-19-,22-20-,27-25-,28-26-;/t52-;/m0./s1. The molecule has 0 saturated carbocycles. The van der Waals surface area contributed by atoms with Gasteiger partial charge in [0.1, 0.15) is 19.3 Å². The van der Waals surface area contributed by atoms with E-state index in [1.165, 1.54) is 70.6 Å². The van der Waals surface area contributed by atoms with Gasteiger partial charge in [0, 0.05) is 32.4 Å². The van der Waals surface area contributed by atoms with Crippen LogP contribution in [-0.4, -0.2) is 81.0 Å². The van der Waals surface area contributed by atoms with Crippen LogP contribution >= 0.6 is 13.5 Å². The number of carbonyl (C=O) groups is 4. The summed E-state index contributed by atoms with van der Waals surface area (Å²) in [6.45, 7) is 10.4. The molecule has 0 aliphatic rings. The first-order valence-corrected chi connectivity index (χ1v) is 27.5. The van der Waals surface area contributed by atoms with E-state index in [0.717, 1.165) is 116 Å². The van der Waals surface area contributed by atoms with Crippen LogP contribution in [0.1, 0.15) is 240 Å². The van der Waals surface area contributed by atoms with E-state index in [4.69, 9.17) is 18.9 Å². The summed E-state index contributed by atoms with van der Waals surface area (Å²) in [6.07, 6.45) is 48.6. The first-order valence-electron chi connectivity index (χ1n) is 27.5. The van der Waals surface area contributed by atoms with Gasteiger partial charge in [-0.15, -0.1) is 0 Å². The first-order chi connectivity index (χ1) is 32.7. The molecular formula is C57H104N2O8S. The highest BCUT2D eigenvalue weighted by atomic mass is 32.1. The first kappa shape index (κ1) is 67.0. The van der Waals surface area contributed by atoms with E-state index in [-0.39, 0.29) is 57.9 Å². The number of nitrogens with one attached hydrogen (secondary N) is 1. The van der Waals surface area contributed by atoms with Gasteiger partial charge in [-0.25, -0.2) is 4.79 Å². The molecule has 0 unspecified atom stereocenters. The molecule has 10 nitrogen and oxygen atoms in total. The number of likely N-dealkylation sites (N-methyl/N-ethyl adjacent to an activating group) is 1. The van der Waals surface area contributed by atoms with E-state index < -0.39 is 24.3 Å². The quantitative estimate of drug-likeness (QED) is 0.0275. The Balaban J connectivity index is 0. The van der Waals surface area contributed by atoms with Crippen molar-refractivity contribution in [3.8, 4) is 0 Å². The summed E-state index contributed by atoms with van der Waals surface area (Å²) >= 11 is 0. The van der Waals surface area contributed by atoms with Crippen LogP contribution < -0.4 is 5.32 Å². The number of ether oxygens (including phenoxy) is 4. The molecule has 0 aromatic carbocycles. The zero-order chi connectivity index (χ0) is 49.1. The third-order valence-electron chi connectivity index (χ3n) is 11.9. The minimum atomic E-state index is -0.925. The maximum atomic E-state index is 13.2. The monoisotopic (exact) mass is 977 g/mol. The second-order valence-corrected chi connectivity index (χ2v) is 18.4. The van der Waals surface area contributed by atoms with E-state index in [2.05, 4.69) is 86.5 Å². The number of nitrogens with zero attached hydrogens (tertiary/aromatic N) is 1. The van der Waals surface area contributed by atoms with Gasteiger partial charge in [-0.2, -0.15) is 13.5 Å². The van der Waals surface area contributed by atoms with E-state index in [1.807, 2.05) is 7.05 Å². The SMILES string of the molecule is CCCCC/C=C\C/C=C\CCCCCCCC(=O)OCC(COC(=O)CCCCCCC/C=C\C/C=C\CCCCC)OC(=O)CC[C@H](CCCCCCCC)OC(=O)NCCN(C)CC.S. The predicted molar refractivity (Wildman–Crippen MR) is 290 cm³/mol. The van der Waals surface area contributed by atoms with Gasteiger partial charge in [-0.3, -0.25) is 14.4 Å². The Hall–Kier alpha value is -3.05. The number of carbonyl (C=O) groups excluding carboxylic acids is 4. The number of hydrogen-bond acceptors (Lipinski definition) is 9. The fourth-order valence-corrected chi connectivity index (χ4v) is 7.43. The molecule has 1 atom stereocenters. The number of hydrogen-bond donors (Lipinski definition) is 1. The third kappa shape index (κ3) is 49.4. The minimum absolute atomic E-state index is 0. The maximum absolute atomic E-state index is 13.2. The largest absolute Gasteiger partial charge is 0.462 e. The Kier molecular flexibility index (Phi) is 52.5. The third-order valence-corrected chi connectivity index (χ3v) is 11.9. The topological polar surface area (TPSA) is 120 Å². The zero-order valence-corrected chi connectivity index (χ0v) is 45.4. The number of amides is 1. The summed E-state index contributed by atoms with van der Waals surface area (Å²) in [5.41, 5.74) is 0. The minimum Gasteiger partial charge on any atom is -0.462 e. The van der Waals surface area contributed by atoms with Crippen LogP contribution in [0.25, 0.3) is 0 Å². The summed E-state index contributed by atoms with van der Waals surface area (Å²) in [7, 11) is 1.99. The molecule has 68 heavy (non-hydrogen) atoms. The average Bonchev–Trinajstić information content (AvgIpc) is 3.32. The lowest BCUT2D eigenvalue weighted by atomic mass is 10.0. The Labute approximate surface area is 424 Å². The Morgan fingerprint density at radius 1 is 0.456 bits per heavy atom. The zero-order valence-electron chi connectivity index (χ0n) is 44.4. The van der Waals surface area contributed by atoms with Gasteiger partial charge in [0.2, 0.25) is 0 Å². The molecule has 0 fully saturated rings. The number of rotatable bonds is 48. The van der Waals surface area contributed by atoms with Crippen LogP contribution in [0, 0.1) is 0 Å². The van der Waals surface area contributed by atoms with Crippen molar-refractivity contribution in [3.63, 3.8) is 0 Å². The molecule has 396 valence electrons. The van der Waals surface area contributed by atoms with Gasteiger partial charge < -0.3 is 29.2 Å². The number of alkyl carbamates (subject to hydrolysis) is 1. The molecule has 1 amide bonds. The van der Waals surface area contributed by atoms with Crippen LogP contribution in [-0.2, 0) is 33.3 Å². The molecular weight excluding hydrogens is 873 g/mol. The van der Waals surface area contributed by atoms with Gasteiger partial charge in [-0.05, 0) is 110 Å². The van der Waals surface area contributed by atoms with Crippen LogP contribution in [0.3, 0.4) is 0 Å². The van der Waals surface area contributed by atoms with Crippen molar-refractivity contribution in [2.24, 2.45) is 0 Å². The average molecular weight is 978 g/mol. The summed E-state index contributed by atoms with van der Waals surface area (Å²) in [6, 6.07) is 0. The van der Waals surface area contributed by atoms with E-state index in [0.29, 0.717) is 25.9 Å².